The van der Waals surface area contributed by atoms with Crippen LogP contribution < -0.4 is 0 Å². The van der Waals surface area contributed by atoms with Gasteiger partial charge in [-0.1, -0.05) is 55.0 Å². The smallest absolute Gasteiger partial charge is 0.224 e. The summed E-state index contributed by atoms with van der Waals surface area (Å²) in [5.41, 5.74) is 2.21. The minimum Gasteiger partial charge on any atom is -0.340 e. The molecule has 2 aliphatic rings. The molecule has 2 aliphatic carbocycles. The average molecular weight is 474 g/mol. The van der Waals surface area contributed by atoms with Crippen molar-refractivity contribution in [2.45, 2.75) is 96.6 Å². The van der Waals surface area contributed by atoms with Crippen LogP contribution in [-0.4, -0.2) is 32.9 Å². The second kappa shape index (κ2) is 9.84. The van der Waals surface area contributed by atoms with Gasteiger partial charge in [0.05, 0.1) is 11.0 Å². The van der Waals surface area contributed by atoms with Gasteiger partial charge in [0.1, 0.15) is 5.82 Å². The van der Waals surface area contributed by atoms with E-state index in [1.165, 1.54) is 69.1 Å². The van der Waals surface area contributed by atoms with Crippen LogP contribution in [0.25, 0.3) is 11.0 Å². The summed E-state index contributed by atoms with van der Waals surface area (Å²) in [6, 6.07) is 6.81. The van der Waals surface area contributed by atoms with Gasteiger partial charge in [-0.25, -0.2) is 4.98 Å². The Kier molecular flexibility index (Phi) is 7.17. The number of benzene rings is 1. The average Bonchev–Trinajstić information content (AvgIpc) is 3.11. The van der Waals surface area contributed by atoms with Gasteiger partial charge >= 0.3 is 0 Å². The lowest BCUT2D eigenvalue weighted by Gasteiger charge is -2.34. The van der Waals surface area contributed by atoms with Crippen molar-refractivity contribution >= 4 is 32.9 Å². The molecule has 1 aromatic heterocycles. The zero-order valence-electron chi connectivity index (χ0n) is 18.6. The van der Waals surface area contributed by atoms with E-state index >= 15 is 0 Å². The number of rotatable bonds is 6. The molecular formula is C25H36BrN3O. The summed E-state index contributed by atoms with van der Waals surface area (Å²) in [5.74, 6) is 2.85. The van der Waals surface area contributed by atoms with E-state index in [0.717, 1.165) is 29.0 Å². The molecule has 2 fully saturated rings. The zero-order chi connectivity index (χ0) is 21.1. The molecule has 0 spiro atoms. The van der Waals surface area contributed by atoms with Crippen LogP contribution in [-0.2, 0) is 11.3 Å². The number of aromatic nitrogens is 2. The van der Waals surface area contributed by atoms with Gasteiger partial charge in [0, 0.05) is 35.9 Å². The molecule has 2 saturated carbocycles. The first-order valence-electron chi connectivity index (χ1n) is 12.0. The lowest BCUT2D eigenvalue weighted by molar-refractivity contribution is -0.134. The number of carbonyl (C=O) groups is 1. The Labute approximate surface area is 189 Å². The highest BCUT2D eigenvalue weighted by molar-refractivity contribution is 9.10. The summed E-state index contributed by atoms with van der Waals surface area (Å²) in [7, 11) is 0. The zero-order valence-corrected chi connectivity index (χ0v) is 20.2. The summed E-state index contributed by atoms with van der Waals surface area (Å²) in [6.45, 7) is 6.06. The molecule has 1 aromatic carbocycles. The van der Waals surface area contributed by atoms with E-state index in [-0.39, 0.29) is 0 Å². The molecule has 0 aliphatic heterocycles. The third-order valence-corrected chi connectivity index (χ3v) is 7.84. The number of fused-ring (bicyclic) bond motifs is 1. The van der Waals surface area contributed by atoms with Crippen molar-refractivity contribution in [3.63, 3.8) is 0 Å². The Morgan fingerprint density at radius 2 is 1.87 bits per heavy atom. The minimum absolute atomic E-state index is 0.312. The molecule has 0 atom stereocenters. The molecule has 1 amide bonds. The van der Waals surface area contributed by atoms with Gasteiger partial charge in [-0.15, -0.1) is 0 Å². The Morgan fingerprint density at radius 3 is 2.57 bits per heavy atom. The number of aryl methyl sites for hydroxylation is 1. The van der Waals surface area contributed by atoms with Crippen LogP contribution in [0.15, 0.2) is 22.7 Å². The van der Waals surface area contributed by atoms with Crippen molar-refractivity contribution < 1.29 is 4.79 Å². The van der Waals surface area contributed by atoms with Crippen molar-refractivity contribution in [1.82, 2.24) is 14.5 Å². The maximum atomic E-state index is 13.2. The fourth-order valence-corrected chi connectivity index (χ4v) is 5.92. The topological polar surface area (TPSA) is 38.1 Å². The third kappa shape index (κ3) is 4.76. The number of hydrogen-bond donors (Lipinski definition) is 0. The number of halogens is 1. The van der Waals surface area contributed by atoms with Crippen LogP contribution in [0, 0.1) is 5.92 Å². The van der Waals surface area contributed by atoms with Gasteiger partial charge in [-0.2, -0.15) is 0 Å². The van der Waals surface area contributed by atoms with Crippen LogP contribution in [0.1, 0.15) is 89.8 Å². The SMILES string of the molecule is CCN(C(=O)CCn1c(C2CCC(C)CC2)nc2cc(Br)ccc21)C1CCCCC1. The Morgan fingerprint density at radius 1 is 1.13 bits per heavy atom. The first-order valence-corrected chi connectivity index (χ1v) is 12.8. The van der Waals surface area contributed by atoms with Crippen molar-refractivity contribution in [1.29, 1.82) is 0 Å². The number of imidazole rings is 1. The molecule has 0 N–H and O–H groups in total. The van der Waals surface area contributed by atoms with Crippen molar-refractivity contribution in [2.75, 3.05) is 6.54 Å². The molecule has 0 bridgehead atoms. The fourth-order valence-electron chi connectivity index (χ4n) is 5.57. The highest BCUT2D eigenvalue weighted by atomic mass is 79.9. The number of nitrogens with zero attached hydrogens (tertiary/aromatic N) is 3. The van der Waals surface area contributed by atoms with E-state index in [9.17, 15) is 4.79 Å². The van der Waals surface area contributed by atoms with Gasteiger partial charge in [0.2, 0.25) is 5.91 Å². The summed E-state index contributed by atoms with van der Waals surface area (Å²) < 4.78 is 3.42. The van der Waals surface area contributed by atoms with E-state index in [1.807, 2.05) is 0 Å². The van der Waals surface area contributed by atoms with Gasteiger partial charge in [-0.3, -0.25) is 4.79 Å². The second-order valence-corrected chi connectivity index (χ2v) is 10.3. The predicted molar refractivity (Wildman–Crippen MR) is 127 cm³/mol. The Balaban J connectivity index is 1.54. The second-order valence-electron chi connectivity index (χ2n) is 9.43. The Hall–Kier alpha value is -1.36. The largest absolute Gasteiger partial charge is 0.340 e. The van der Waals surface area contributed by atoms with Crippen molar-refractivity contribution in [3.05, 3.63) is 28.5 Å². The van der Waals surface area contributed by atoms with Gasteiger partial charge in [-0.05, 0) is 56.7 Å². The van der Waals surface area contributed by atoms with Crippen molar-refractivity contribution in [3.8, 4) is 0 Å². The first-order chi connectivity index (χ1) is 14.6. The van der Waals surface area contributed by atoms with Crippen LogP contribution in [0.5, 0.6) is 0 Å². The minimum atomic E-state index is 0.312. The molecule has 5 heteroatoms. The molecule has 1 heterocycles. The molecule has 2 aromatic rings. The summed E-state index contributed by atoms with van der Waals surface area (Å²) in [4.78, 5) is 20.4. The van der Waals surface area contributed by atoms with Crippen LogP contribution in [0.3, 0.4) is 0 Å². The number of amides is 1. The maximum absolute atomic E-state index is 13.2. The Bertz CT molecular complexity index is 863. The van der Waals surface area contributed by atoms with Crippen LogP contribution in [0.2, 0.25) is 0 Å². The van der Waals surface area contributed by atoms with Crippen molar-refractivity contribution in [2.24, 2.45) is 5.92 Å². The molecule has 0 saturated heterocycles. The standard InChI is InChI=1S/C25H36BrN3O/c1-3-28(21-7-5-4-6-8-21)24(30)15-16-29-23-14-13-20(26)17-22(23)27-25(29)19-11-9-18(2)10-12-19/h13-14,17-19,21H,3-12,15-16H2,1-2H3. The molecular weight excluding hydrogens is 438 g/mol. The van der Waals surface area contributed by atoms with Crippen LogP contribution in [0.4, 0.5) is 0 Å². The number of carbonyl (C=O) groups excluding carboxylic acids is 1. The highest BCUT2D eigenvalue weighted by Gasteiger charge is 2.27. The fraction of sp³-hybridized carbons (Fsp3) is 0.680. The quantitative estimate of drug-likeness (QED) is 0.469. The van der Waals surface area contributed by atoms with E-state index in [1.54, 1.807) is 0 Å². The molecule has 0 radical (unpaired) electrons. The summed E-state index contributed by atoms with van der Waals surface area (Å²) in [6.07, 6.45) is 11.7. The lowest BCUT2D eigenvalue weighted by Crippen LogP contribution is -2.41. The van der Waals surface area contributed by atoms with Crippen LogP contribution >= 0.6 is 15.9 Å². The van der Waals surface area contributed by atoms with E-state index in [0.29, 0.717) is 24.3 Å². The lowest BCUT2D eigenvalue weighted by atomic mass is 9.82. The molecule has 164 valence electrons. The predicted octanol–water partition coefficient (Wildman–Crippen LogP) is 6.66. The summed E-state index contributed by atoms with van der Waals surface area (Å²) >= 11 is 3.59. The molecule has 4 rings (SSSR count). The van der Waals surface area contributed by atoms with E-state index < -0.39 is 0 Å². The highest BCUT2D eigenvalue weighted by Crippen LogP contribution is 2.37. The molecule has 30 heavy (non-hydrogen) atoms. The first kappa shape index (κ1) is 21.9. The van der Waals surface area contributed by atoms with Gasteiger partial charge < -0.3 is 9.47 Å². The van der Waals surface area contributed by atoms with E-state index in [4.69, 9.17) is 4.98 Å². The molecule has 0 unspecified atom stereocenters. The number of hydrogen-bond acceptors (Lipinski definition) is 2. The maximum Gasteiger partial charge on any atom is 0.224 e. The van der Waals surface area contributed by atoms with Gasteiger partial charge in [0.25, 0.3) is 0 Å². The normalized spacial score (nSPS) is 23.0. The monoisotopic (exact) mass is 473 g/mol. The third-order valence-electron chi connectivity index (χ3n) is 7.35. The summed E-state index contributed by atoms with van der Waals surface area (Å²) in [5, 5.41) is 0. The van der Waals surface area contributed by atoms with Gasteiger partial charge in [0.15, 0.2) is 0 Å². The van der Waals surface area contributed by atoms with E-state index in [2.05, 4.69) is 57.4 Å². The molecule has 4 nitrogen and oxygen atoms in total.